The first-order chi connectivity index (χ1) is 22.5. The van der Waals surface area contributed by atoms with Gasteiger partial charge in [0.1, 0.15) is 11.5 Å². The summed E-state index contributed by atoms with van der Waals surface area (Å²) < 4.78 is 62.1. The number of ketones is 1. The second kappa shape index (κ2) is 20.6. The summed E-state index contributed by atoms with van der Waals surface area (Å²) in [5, 5.41) is 6.84. The summed E-state index contributed by atoms with van der Waals surface area (Å²) in [6.45, 7) is 21.1. The highest BCUT2D eigenvalue weighted by atomic mass is 19.4. The molecule has 264 valence electrons. The predicted octanol–water partition coefficient (Wildman–Crippen LogP) is 9.67. The van der Waals surface area contributed by atoms with E-state index in [0.29, 0.717) is 23.3 Å². The Balaban J connectivity index is 0.000000400. The lowest BCUT2D eigenvalue weighted by atomic mass is 9.60. The first kappa shape index (κ1) is 42.3. The molecule has 0 saturated heterocycles. The van der Waals surface area contributed by atoms with Crippen molar-refractivity contribution in [2.75, 3.05) is 11.9 Å². The van der Waals surface area contributed by atoms with Gasteiger partial charge in [-0.25, -0.2) is 8.78 Å². The number of rotatable bonds is 13. The van der Waals surface area contributed by atoms with E-state index in [1.54, 1.807) is 13.8 Å². The lowest BCUT2D eigenvalue weighted by Crippen LogP contribution is -2.39. The van der Waals surface area contributed by atoms with Crippen LogP contribution in [0.4, 0.5) is 27.6 Å². The summed E-state index contributed by atoms with van der Waals surface area (Å²) in [6.07, 6.45) is 3.51. The molecule has 2 aliphatic rings. The molecule has 5 nitrogen and oxygen atoms in total. The van der Waals surface area contributed by atoms with Crippen LogP contribution in [-0.2, 0) is 11.2 Å². The van der Waals surface area contributed by atoms with Crippen LogP contribution in [0.3, 0.4) is 0 Å². The summed E-state index contributed by atoms with van der Waals surface area (Å²) in [7, 11) is 0. The molecule has 0 aromatic heterocycles. The molecule has 1 aliphatic carbocycles. The number of anilines is 1. The third-order valence-electron chi connectivity index (χ3n) is 7.80. The quantitative estimate of drug-likeness (QED) is 0.111. The molecule has 0 bridgehead atoms. The van der Waals surface area contributed by atoms with Crippen LogP contribution in [0.15, 0.2) is 89.0 Å². The van der Waals surface area contributed by atoms with Crippen LogP contribution in [0.5, 0.6) is 0 Å². The van der Waals surface area contributed by atoms with Crippen molar-refractivity contribution in [3.8, 4) is 0 Å². The van der Waals surface area contributed by atoms with Crippen molar-refractivity contribution in [1.29, 1.82) is 0 Å². The summed E-state index contributed by atoms with van der Waals surface area (Å²) in [5.74, 6) is 1.75. The number of nitrogens with zero attached hydrogens (tertiary/aromatic N) is 1. The molecule has 0 unspecified atom stereocenters. The Morgan fingerprint density at radius 1 is 1.15 bits per heavy atom. The predicted molar refractivity (Wildman–Crippen MR) is 193 cm³/mol. The minimum atomic E-state index is -4.60. The number of halogens is 5. The van der Waals surface area contributed by atoms with Crippen LogP contribution >= 0.6 is 0 Å². The van der Waals surface area contributed by atoms with Gasteiger partial charge in [-0.15, -0.1) is 0 Å². The van der Waals surface area contributed by atoms with E-state index in [0.717, 1.165) is 60.9 Å². The third kappa shape index (κ3) is 14.2. The van der Waals surface area contributed by atoms with Gasteiger partial charge in [0.25, 0.3) is 0 Å². The Hall–Kier alpha value is -3.73. The van der Waals surface area contributed by atoms with Crippen molar-refractivity contribution in [2.24, 2.45) is 16.6 Å². The van der Waals surface area contributed by atoms with Crippen molar-refractivity contribution < 1.29 is 26.7 Å². The van der Waals surface area contributed by atoms with Crippen LogP contribution in [-0.4, -0.2) is 43.5 Å². The van der Waals surface area contributed by atoms with Gasteiger partial charge in [-0.3, -0.25) is 4.79 Å². The SMILES string of the molecule is C/C=C(\C)C1=CB(CC(F)F)N=C1C(F)(F)F.C=C(C)/C(=C\C=C/C)Nc1ccc(C(=C)NCCC)c(CC)c1.CC(=O)C1CC(N)C1. The number of allylic oxidation sites excluding steroid dienone is 7. The van der Waals surface area contributed by atoms with Crippen molar-refractivity contribution in [3.63, 3.8) is 0 Å². The molecule has 0 spiro atoms. The maximum atomic E-state index is 12.6. The number of hydrogen-bond acceptors (Lipinski definition) is 5. The van der Waals surface area contributed by atoms with E-state index in [9.17, 15) is 26.7 Å². The molecule has 1 heterocycles. The number of nitrogens with one attached hydrogen (secondary N) is 2. The van der Waals surface area contributed by atoms with Gasteiger partial charge in [0.15, 0.2) is 0 Å². The van der Waals surface area contributed by atoms with Gasteiger partial charge >= 0.3 is 13.0 Å². The zero-order valence-electron chi connectivity index (χ0n) is 29.4. The Bertz CT molecular complexity index is 1400. The molecule has 1 fully saturated rings. The van der Waals surface area contributed by atoms with Crippen molar-refractivity contribution in [2.45, 2.75) is 99.1 Å². The largest absolute Gasteiger partial charge is 0.432 e. The highest BCUT2D eigenvalue weighted by Crippen LogP contribution is 2.31. The summed E-state index contributed by atoms with van der Waals surface area (Å²) in [5.41, 5.74) is 11.3. The highest BCUT2D eigenvalue weighted by Gasteiger charge is 2.42. The number of aryl methyl sites for hydroxylation is 1. The zero-order valence-corrected chi connectivity index (χ0v) is 29.4. The average Bonchev–Trinajstić information content (AvgIpc) is 3.44. The topological polar surface area (TPSA) is 79.5 Å². The Morgan fingerprint density at radius 2 is 1.79 bits per heavy atom. The fourth-order valence-electron chi connectivity index (χ4n) is 4.81. The van der Waals surface area contributed by atoms with E-state index < -0.39 is 31.5 Å². The number of alkyl halides is 5. The fourth-order valence-corrected chi connectivity index (χ4v) is 4.81. The van der Waals surface area contributed by atoms with E-state index >= 15 is 0 Å². The number of Topliss-reactive ketones (excluding diaryl/α,β-unsaturated/α-hetero) is 1. The van der Waals surface area contributed by atoms with E-state index in [-0.39, 0.29) is 5.57 Å². The van der Waals surface area contributed by atoms with Gasteiger partial charge in [0.05, 0.1) is 0 Å². The highest BCUT2D eigenvalue weighted by molar-refractivity contribution is 6.67. The molecule has 1 aromatic carbocycles. The molecule has 48 heavy (non-hydrogen) atoms. The van der Waals surface area contributed by atoms with Crippen LogP contribution in [0.2, 0.25) is 6.32 Å². The van der Waals surface area contributed by atoms with Crippen LogP contribution in [0, 0.1) is 5.92 Å². The summed E-state index contributed by atoms with van der Waals surface area (Å²) >= 11 is 0. The van der Waals surface area contributed by atoms with Gasteiger partial charge in [-0.05, 0) is 101 Å². The molecule has 1 aliphatic heterocycles. The lowest BCUT2D eigenvalue weighted by Gasteiger charge is -2.29. The molecule has 1 saturated carbocycles. The molecule has 0 atom stereocenters. The zero-order chi connectivity index (χ0) is 36.6. The van der Waals surface area contributed by atoms with E-state index in [1.807, 2.05) is 32.1 Å². The van der Waals surface area contributed by atoms with Crippen molar-refractivity contribution in [1.82, 2.24) is 5.32 Å². The Kier molecular flexibility index (Phi) is 18.2. The number of benzene rings is 1. The van der Waals surface area contributed by atoms with Crippen LogP contribution in [0.1, 0.15) is 78.9 Å². The maximum absolute atomic E-state index is 12.6. The molecular formula is C37H52BF5N4O. The molecule has 3 rings (SSSR count). The van der Waals surface area contributed by atoms with Gasteiger partial charge in [-0.2, -0.15) is 13.2 Å². The normalized spacial score (nSPS) is 17.8. The minimum absolute atomic E-state index is 0.0920. The second-order valence-corrected chi connectivity index (χ2v) is 11.9. The molecule has 0 radical (unpaired) electrons. The first-order valence-corrected chi connectivity index (χ1v) is 16.3. The van der Waals surface area contributed by atoms with Gasteiger partial charge in [0, 0.05) is 47.5 Å². The summed E-state index contributed by atoms with van der Waals surface area (Å²) in [6, 6.07) is 6.74. The minimum Gasteiger partial charge on any atom is -0.385 e. The second-order valence-electron chi connectivity index (χ2n) is 11.9. The van der Waals surface area contributed by atoms with E-state index in [1.165, 1.54) is 24.1 Å². The number of hydrogen-bond donors (Lipinski definition) is 3. The molecule has 1 aromatic rings. The Labute approximate surface area is 284 Å². The van der Waals surface area contributed by atoms with Crippen LogP contribution in [0.25, 0.3) is 5.70 Å². The standard InChI is InChI=1S/C21H30N2.C10H11BF5N.C6H11NO/c1-7-10-11-21(16(4)5)23-19-12-13-20(18(9-3)15-19)17(6)22-14-8-2;1-3-6(2)7-4-11(5-8(12)13)17-9(7)10(14,15)16;1-4(8)5-2-6(7)3-5/h7,10-13,15,22-23H,4,6,8-9,14H2,1-3,5H3;3-4,8H,5H2,1-2H3;5-6H,2-3,7H2,1H3/b10-7-,21-11+;6-3+;. The third-order valence-corrected chi connectivity index (χ3v) is 7.80. The molecular weight excluding hydrogens is 622 g/mol. The number of nitrogens with two attached hydrogens (primary N) is 1. The average molecular weight is 675 g/mol. The van der Waals surface area contributed by atoms with E-state index in [4.69, 9.17) is 5.73 Å². The fraction of sp³-hybridized carbons (Fsp3) is 0.459. The maximum Gasteiger partial charge on any atom is 0.432 e. The molecule has 0 amide bonds. The lowest BCUT2D eigenvalue weighted by molar-refractivity contribution is -0.123. The van der Waals surface area contributed by atoms with Gasteiger partial charge in [0.2, 0.25) is 6.43 Å². The van der Waals surface area contributed by atoms with E-state index in [2.05, 4.69) is 60.7 Å². The molecule has 4 N–H and O–H groups in total. The Morgan fingerprint density at radius 3 is 2.23 bits per heavy atom. The number of carbonyl (C=O) groups is 1. The summed E-state index contributed by atoms with van der Waals surface area (Å²) in [4.78, 5) is 13.8. The van der Waals surface area contributed by atoms with Crippen LogP contribution < -0.4 is 16.4 Å². The van der Waals surface area contributed by atoms with Gasteiger partial charge < -0.3 is 21.3 Å². The smallest absolute Gasteiger partial charge is 0.385 e. The van der Waals surface area contributed by atoms with Crippen molar-refractivity contribution >= 4 is 29.7 Å². The first-order valence-electron chi connectivity index (χ1n) is 16.3. The molecule has 11 heteroatoms. The van der Waals surface area contributed by atoms with Gasteiger partial charge in [-0.1, -0.05) is 57.3 Å². The monoisotopic (exact) mass is 674 g/mol. The number of carbonyl (C=O) groups excluding carboxylic acids is 1. The van der Waals surface area contributed by atoms with Crippen molar-refractivity contribution in [3.05, 3.63) is 95.2 Å².